The number of carboxylic acid groups (broad SMARTS) is 1. The second-order valence-corrected chi connectivity index (χ2v) is 14.7. The maximum atomic E-state index is 13.3. The Kier molecular flexibility index (Phi) is 8.97. The molecule has 0 radical (unpaired) electrons. The molecule has 256 valence electrons. The molecule has 0 bridgehead atoms. The van der Waals surface area contributed by atoms with E-state index in [-0.39, 0.29) is 33.1 Å². The number of likely N-dealkylation sites (tertiary alicyclic amines) is 1. The van der Waals surface area contributed by atoms with E-state index in [4.69, 9.17) is 27.6 Å². The summed E-state index contributed by atoms with van der Waals surface area (Å²) in [6.07, 6.45) is 4.17. The Balaban J connectivity index is 1.03. The summed E-state index contributed by atoms with van der Waals surface area (Å²) in [4.78, 5) is 53.3. The van der Waals surface area contributed by atoms with Gasteiger partial charge in [0.1, 0.15) is 34.4 Å². The standard InChI is InChI=1S/C31H33ClN10O5S2/c1-47-37-22(21-25(32)49-31(34)36-21)27(43)35-23-28(44)42-24(30(45)46)19(16-48-29(23)42)15-40-11-8-20-39(12-13-41(20)40)14-17-4-6-18(7-5-17)26(33)38-9-2-3-10-38/h4-8,11,23,29,33H,2-3,9-10,12-16H2,1H3,(H3-,34,35,36,43,45,46)/b33-26?,37-22-/t23-,29-/m1/s1. The van der Waals surface area contributed by atoms with Crippen LogP contribution in [0.3, 0.4) is 0 Å². The van der Waals surface area contributed by atoms with Gasteiger partial charge in [-0.25, -0.2) is 4.98 Å². The largest absolute Gasteiger partial charge is 0.543 e. The molecule has 3 aromatic rings. The minimum Gasteiger partial charge on any atom is -0.543 e. The molecule has 0 saturated carbocycles. The minimum atomic E-state index is -1.46. The molecule has 2 aromatic heterocycles. The number of halogens is 1. The van der Waals surface area contributed by atoms with Crippen molar-refractivity contribution in [1.29, 1.82) is 5.41 Å². The van der Waals surface area contributed by atoms with Gasteiger partial charge in [0.25, 0.3) is 11.8 Å². The van der Waals surface area contributed by atoms with Crippen LogP contribution in [0, 0.1) is 5.41 Å². The molecular formula is C31H33ClN10O5S2. The Morgan fingerprint density at radius 2 is 1.96 bits per heavy atom. The average molecular weight is 725 g/mol. The highest BCUT2D eigenvalue weighted by molar-refractivity contribution is 8.00. The molecule has 2 amide bonds. The van der Waals surface area contributed by atoms with Crippen LogP contribution in [0.15, 0.2) is 53.0 Å². The number of amidine groups is 1. The minimum absolute atomic E-state index is 0.0172. The van der Waals surface area contributed by atoms with Crippen LogP contribution in [0.25, 0.3) is 0 Å². The van der Waals surface area contributed by atoms with Gasteiger partial charge in [-0.1, -0.05) is 52.4 Å². The van der Waals surface area contributed by atoms with Crippen LogP contribution in [0.2, 0.25) is 4.34 Å². The number of anilines is 2. The topological polar surface area (TPSA) is 189 Å². The monoisotopic (exact) mass is 724 g/mol. The van der Waals surface area contributed by atoms with E-state index < -0.39 is 29.2 Å². The van der Waals surface area contributed by atoms with Gasteiger partial charge in [0.05, 0.1) is 24.3 Å². The maximum absolute atomic E-state index is 13.3. The molecule has 49 heavy (non-hydrogen) atoms. The third-order valence-electron chi connectivity index (χ3n) is 9.00. The van der Waals surface area contributed by atoms with E-state index >= 15 is 0 Å². The number of carboxylic acids is 1. The fourth-order valence-corrected chi connectivity index (χ4v) is 8.91. The van der Waals surface area contributed by atoms with Crippen molar-refractivity contribution in [3.8, 4) is 0 Å². The van der Waals surface area contributed by atoms with Gasteiger partial charge in [0.15, 0.2) is 29.4 Å². The summed E-state index contributed by atoms with van der Waals surface area (Å²) in [5.41, 5.74) is 7.88. The van der Waals surface area contributed by atoms with Gasteiger partial charge >= 0.3 is 0 Å². The SMILES string of the molecule is CO/N=C(\C(=O)N[C@@H]1C(=O)N2C(C(=O)[O-])=C(C[n+]3ccc4n3CCN4Cc3ccc(C(=N)N4CCCC4)cc3)CS[C@H]12)c1nc(N)sc1Cl. The van der Waals surface area contributed by atoms with Gasteiger partial charge in [-0.3, -0.25) is 19.9 Å². The molecule has 4 aliphatic rings. The van der Waals surface area contributed by atoms with Gasteiger partial charge in [0.2, 0.25) is 0 Å². The van der Waals surface area contributed by atoms with Crippen LogP contribution in [0.1, 0.15) is 29.7 Å². The quantitative estimate of drug-likeness (QED) is 0.0866. The lowest BCUT2D eigenvalue weighted by molar-refractivity contribution is -0.766. The maximum Gasteiger partial charge on any atom is 0.276 e. The van der Waals surface area contributed by atoms with E-state index in [1.807, 2.05) is 29.1 Å². The fourth-order valence-electron chi connectivity index (χ4n) is 6.65. The zero-order valence-corrected chi connectivity index (χ0v) is 28.8. The average Bonchev–Trinajstić information content (AvgIpc) is 3.90. The molecule has 2 fully saturated rings. The number of fused-ring (bicyclic) bond motifs is 2. The first-order valence-corrected chi connectivity index (χ1v) is 17.9. The van der Waals surface area contributed by atoms with E-state index in [0.717, 1.165) is 60.8 Å². The van der Waals surface area contributed by atoms with Crippen molar-refractivity contribution in [3.63, 3.8) is 0 Å². The number of amides is 2. The molecule has 2 saturated heterocycles. The predicted molar refractivity (Wildman–Crippen MR) is 182 cm³/mol. The number of carbonyl (C=O) groups is 3. The van der Waals surface area contributed by atoms with Crippen LogP contribution >= 0.6 is 34.7 Å². The Morgan fingerprint density at radius 1 is 1.20 bits per heavy atom. The summed E-state index contributed by atoms with van der Waals surface area (Å²) in [7, 11) is 1.25. The molecule has 0 spiro atoms. The molecule has 15 nitrogen and oxygen atoms in total. The number of nitrogens with two attached hydrogens (primary N) is 1. The van der Waals surface area contributed by atoms with Crippen molar-refractivity contribution in [3.05, 3.63) is 69.0 Å². The van der Waals surface area contributed by atoms with Crippen molar-refractivity contribution in [2.75, 3.05) is 43.1 Å². The number of thioether (sulfide) groups is 1. The molecule has 18 heteroatoms. The number of nitrogens with zero attached hydrogens (tertiary/aromatic N) is 7. The first kappa shape index (κ1) is 32.9. The van der Waals surface area contributed by atoms with Crippen molar-refractivity contribution >= 4 is 75.0 Å². The number of oxime groups is 1. The normalized spacial score (nSPS) is 20.3. The highest BCUT2D eigenvalue weighted by Gasteiger charge is 2.53. The van der Waals surface area contributed by atoms with Crippen molar-refractivity contribution < 1.29 is 29.0 Å². The number of nitrogen functional groups attached to an aromatic ring is 1. The van der Waals surface area contributed by atoms with Gasteiger partial charge in [-0.15, -0.1) is 21.1 Å². The van der Waals surface area contributed by atoms with Crippen LogP contribution < -0.4 is 25.7 Å². The molecule has 0 aliphatic carbocycles. The molecule has 0 unspecified atom stereocenters. The zero-order valence-electron chi connectivity index (χ0n) is 26.4. The Labute approximate surface area is 294 Å². The van der Waals surface area contributed by atoms with Gasteiger partial charge in [-0.2, -0.15) is 0 Å². The number of carbonyl (C=O) groups excluding carboxylic acids is 3. The van der Waals surface area contributed by atoms with E-state index in [9.17, 15) is 19.5 Å². The van der Waals surface area contributed by atoms with Crippen LogP contribution in [0.4, 0.5) is 10.9 Å². The van der Waals surface area contributed by atoms with Gasteiger partial charge < -0.3 is 35.6 Å². The smallest absolute Gasteiger partial charge is 0.276 e. The summed E-state index contributed by atoms with van der Waals surface area (Å²) in [6.45, 7) is 4.31. The zero-order chi connectivity index (χ0) is 34.4. The van der Waals surface area contributed by atoms with E-state index in [1.54, 1.807) is 0 Å². The lowest BCUT2D eigenvalue weighted by Crippen LogP contribution is -2.71. The number of β-lactam (4-membered cyclic amide) rings is 1. The number of hydrogen-bond acceptors (Lipinski definition) is 12. The summed E-state index contributed by atoms with van der Waals surface area (Å²) in [6, 6.07) is 9.16. The number of aromatic nitrogens is 3. The molecule has 6 heterocycles. The highest BCUT2D eigenvalue weighted by Crippen LogP contribution is 2.40. The fraction of sp³-hybridized carbons (Fsp3) is 0.387. The van der Waals surface area contributed by atoms with Crippen molar-refractivity contribution in [2.24, 2.45) is 5.16 Å². The van der Waals surface area contributed by atoms with Gasteiger partial charge in [0, 0.05) is 43.1 Å². The number of hydrogen-bond donors (Lipinski definition) is 3. The van der Waals surface area contributed by atoms with Gasteiger partial charge in [-0.05, 0) is 18.4 Å². The number of benzene rings is 1. The molecule has 4 aliphatic heterocycles. The Bertz CT molecular complexity index is 1900. The first-order valence-electron chi connectivity index (χ1n) is 15.6. The molecular weight excluding hydrogens is 692 g/mol. The van der Waals surface area contributed by atoms with E-state index in [2.05, 4.69) is 42.1 Å². The second kappa shape index (κ2) is 13.4. The predicted octanol–water partition coefficient (Wildman–Crippen LogP) is 0.364. The van der Waals surface area contributed by atoms with Crippen LogP contribution in [-0.2, 0) is 38.9 Å². The number of aliphatic carboxylic acids is 1. The van der Waals surface area contributed by atoms with E-state index in [1.165, 1.54) is 23.8 Å². The molecule has 7 rings (SSSR count). The highest BCUT2D eigenvalue weighted by atomic mass is 35.5. The lowest BCUT2D eigenvalue weighted by Gasteiger charge is -2.50. The second-order valence-electron chi connectivity index (χ2n) is 12.0. The molecule has 1 aromatic carbocycles. The summed E-state index contributed by atoms with van der Waals surface area (Å²) >= 11 is 8.48. The summed E-state index contributed by atoms with van der Waals surface area (Å²) in [5, 5.41) is 26.8. The number of nitrogens with one attached hydrogen (secondary N) is 2. The van der Waals surface area contributed by atoms with Crippen LogP contribution in [0.5, 0.6) is 0 Å². The lowest BCUT2D eigenvalue weighted by atomic mass is 10.0. The van der Waals surface area contributed by atoms with E-state index in [0.29, 0.717) is 30.3 Å². The summed E-state index contributed by atoms with van der Waals surface area (Å²) in [5.74, 6) is -0.912. The third kappa shape index (κ3) is 6.10. The molecule has 4 N–H and O–H groups in total. The number of rotatable bonds is 10. The Morgan fingerprint density at radius 3 is 2.63 bits per heavy atom. The number of thiazole rings is 1. The van der Waals surface area contributed by atoms with Crippen molar-refractivity contribution in [2.45, 2.75) is 43.9 Å². The van der Waals surface area contributed by atoms with Crippen LogP contribution in [-0.4, -0.2) is 92.7 Å². The third-order valence-corrected chi connectivity index (χ3v) is 11.4. The van der Waals surface area contributed by atoms with Crippen molar-refractivity contribution in [1.82, 2.24) is 24.8 Å². The Hall–Kier alpha value is -4.61. The first-order chi connectivity index (χ1) is 23.6. The molecule has 2 atom stereocenters. The summed E-state index contributed by atoms with van der Waals surface area (Å²) < 4.78 is 4.18.